The van der Waals surface area contributed by atoms with E-state index in [1.807, 2.05) is 17.6 Å². The van der Waals surface area contributed by atoms with Crippen LogP contribution in [-0.4, -0.2) is 15.0 Å². The summed E-state index contributed by atoms with van der Waals surface area (Å²) in [6.45, 7) is 4.18. The standard InChI is InChI=1S/C14H15N5OS/c1-7(2)9-5-17-13-8(3-4-21-13)11(9)20-10-6-18-14(16)19-12(10)15/h3-7H,1-2H3,(H4,15,16,18,19). The van der Waals surface area contributed by atoms with Gasteiger partial charge in [0.1, 0.15) is 10.6 Å². The number of fused-ring (bicyclic) bond motifs is 1. The molecule has 0 saturated heterocycles. The third-order valence-corrected chi connectivity index (χ3v) is 3.93. The molecule has 0 amide bonds. The molecule has 0 radical (unpaired) electrons. The molecule has 0 aromatic carbocycles. The van der Waals surface area contributed by atoms with Crippen molar-refractivity contribution >= 4 is 33.3 Å². The molecule has 3 rings (SSSR count). The predicted molar refractivity (Wildman–Crippen MR) is 84.6 cm³/mol. The Morgan fingerprint density at radius 2 is 2.00 bits per heavy atom. The van der Waals surface area contributed by atoms with Crippen LogP contribution in [0.4, 0.5) is 11.8 Å². The van der Waals surface area contributed by atoms with Crippen molar-refractivity contribution in [1.82, 2.24) is 15.0 Å². The fourth-order valence-corrected chi connectivity index (χ4v) is 2.76. The molecule has 0 spiro atoms. The van der Waals surface area contributed by atoms with Crippen LogP contribution in [0.3, 0.4) is 0 Å². The van der Waals surface area contributed by atoms with Gasteiger partial charge >= 0.3 is 0 Å². The molecule has 108 valence electrons. The topological polar surface area (TPSA) is 99.9 Å². The van der Waals surface area contributed by atoms with Gasteiger partial charge in [-0.05, 0) is 17.4 Å². The lowest BCUT2D eigenvalue weighted by atomic mass is 10.0. The van der Waals surface area contributed by atoms with E-state index in [0.29, 0.717) is 5.75 Å². The number of anilines is 2. The molecule has 0 atom stereocenters. The Hall–Kier alpha value is -2.41. The molecule has 21 heavy (non-hydrogen) atoms. The number of hydrogen-bond acceptors (Lipinski definition) is 7. The molecule has 0 aliphatic rings. The number of pyridine rings is 1. The van der Waals surface area contributed by atoms with Crippen molar-refractivity contribution in [3.63, 3.8) is 0 Å². The van der Waals surface area contributed by atoms with Gasteiger partial charge in [-0.15, -0.1) is 11.3 Å². The van der Waals surface area contributed by atoms with E-state index < -0.39 is 0 Å². The molecule has 0 saturated carbocycles. The van der Waals surface area contributed by atoms with Gasteiger partial charge in [-0.25, -0.2) is 9.97 Å². The van der Waals surface area contributed by atoms with Crippen molar-refractivity contribution in [2.24, 2.45) is 0 Å². The molecular formula is C14H15N5OS. The van der Waals surface area contributed by atoms with Crippen molar-refractivity contribution in [2.45, 2.75) is 19.8 Å². The summed E-state index contributed by atoms with van der Waals surface area (Å²) in [7, 11) is 0. The number of nitrogen functional groups attached to an aromatic ring is 2. The Bertz CT molecular complexity index is 799. The van der Waals surface area contributed by atoms with Crippen LogP contribution in [0, 0.1) is 0 Å². The molecule has 3 aromatic heterocycles. The molecule has 3 heterocycles. The third kappa shape index (κ3) is 2.47. The summed E-state index contributed by atoms with van der Waals surface area (Å²) in [5.41, 5.74) is 12.4. The minimum Gasteiger partial charge on any atom is -0.451 e. The van der Waals surface area contributed by atoms with Gasteiger partial charge in [-0.1, -0.05) is 13.8 Å². The van der Waals surface area contributed by atoms with Gasteiger partial charge in [0.25, 0.3) is 0 Å². The lowest BCUT2D eigenvalue weighted by molar-refractivity contribution is 0.476. The van der Waals surface area contributed by atoms with E-state index in [9.17, 15) is 0 Å². The molecule has 0 aliphatic heterocycles. The quantitative estimate of drug-likeness (QED) is 0.770. The van der Waals surface area contributed by atoms with Crippen LogP contribution >= 0.6 is 11.3 Å². The Morgan fingerprint density at radius 3 is 2.71 bits per heavy atom. The third-order valence-electron chi connectivity index (χ3n) is 3.11. The molecule has 0 bridgehead atoms. The van der Waals surface area contributed by atoms with Crippen LogP contribution in [0.2, 0.25) is 0 Å². The maximum absolute atomic E-state index is 5.99. The van der Waals surface area contributed by atoms with Gasteiger partial charge in [0.2, 0.25) is 5.95 Å². The first-order valence-corrected chi connectivity index (χ1v) is 7.36. The summed E-state index contributed by atoms with van der Waals surface area (Å²) in [5.74, 6) is 1.76. The number of nitrogens with two attached hydrogens (primary N) is 2. The number of thiophene rings is 1. The van der Waals surface area contributed by atoms with E-state index in [1.165, 1.54) is 6.20 Å². The molecule has 4 N–H and O–H groups in total. The summed E-state index contributed by atoms with van der Waals surface area (Å²) in [6, 6.07) is 1.99. The molecule has 0 aliphatic carbocycles. The van der Waals surface area contributed by atoms with E-state index in [-0.39, 0.29) is 17.7 Å². The van der Waals surface area contributed by atoms with E-state index >= 15 is 0 Å². The molecule has 0 fully saturated rings. The van der Waals surface area contributed by atoms with Gasteiger partial charge < -0.3 is 16.2 Å². The van der Waals surface area contributed by atoms with Crippen molar-refractivity contribution in [3.05, 3.63) is 29.4 Å². The number of aromatic nitrogens is 3. The number of hydrogen-bond donors (Lipinski definition) is 2. The maximum Gasteiger partial charge on any atom is 0.222 e. The fraction of sp³-hybridized carbons (Fsp3) is 0.214. The molecule has 0 unspecified atom stereocenters. The largest absolute Gasteiger partial charge is 0.451 e. The summed E-state index contributed by atoms with van der Waals surface area (Å²) in [5, 5.41) is 2.94. The number of ether oxygens (including phenoxy) is 1. The number of nitrogens with zero attached hydrogens (tertiary/aromatic N) is 3. The van der Waals surface area contributed by atoms with Crippen LogP contribution in [0.1, 0.15) is 25.3 Å². The van der Waals surface area contributed by atoms with Crippen LogP contribution in [-0.2, 0) is 0 Å². The molecule has 6 nitrogen and oxygen atoms in total. The summed E-state index contributed by atoms with van der Waals surface area (Å²) in [6.07, 6.45) is 3.33. The highest BCUT2D eigenvalue weighted by Gasteiger charge is 2.16. The predicted octanol–water partition coefficient (Wildman–Crippen LogP) is 3.17. The van der Waals surface area contributed by atoms with Crippen LogP contribution < -0.4 is 16.2 Å². The Labute approximate surface area is 125 Å². The van der Waals surface area contributed by atoms with Gasteiger partial charge in [-0.3, -0.25) is 0 Å². The average molecular weight is 301 g/mol. The van der Waals surface area contributed by atoms with Gasteiger partial charge in [0.05, 0.1) is 11.6 Å². The van der Waals surface area contributed by atoms with Crippen LogP contribution in [0.25, 0.3) is 10.2 Å². The summed E-state index contributed by atoms with van der Waals surface area (Å²) in [4.78, 5) is 13.2. The number of rotatable bonds is 3. The second kappa shape index (κ2) is 5.17. The van der Waals surface area contributed by atoms with Crippen molar-refractivity contribution in [2.75, 3.05) is 11.5 Å². The monoisotopic (exact) mass is 301 g/mol. The van der Waals surface area contributed by atoms with E-state index in [2.05, 4.69) is 28.8 Å². The Kier molecular flexibility index (Phi) is 3.34. The fourth-order valence-electron chi connectivity index (χ4n) is 2.03. The van der Waals surface area contributed by atoms with E-state index in [0.717, 1.165) is 21.5 Å². The first kappa shape index (κ1) is 13.6. The van der Waals surface area contributed by atoms with Gasteiger partial charge in [0, 0.05) is 11.8 Å². The smallest absolute Gasteiger partial charge is 0.222 e. The normalized spacial score (nSPS) is 11.2. The van der Waals surface area contributed by atoms with E-state index in [4.69, 9.17) is 16.2 Å². The molecule has 7 heteroatoms. The minimum absolute atomic E-state index is 0.124. The van der Waals surface area contributed by atoms with Crippen molar-refractivity contribution < 1.29 is 4.74 Å². The Balaban J connectivity index is 2.14. The second-order valence-electron chi connectivity index (χ2n) is 4.92. The zero-order valence-electron chi connectivity index (χ0n) is 11.7. The molecular weight excluding hydrogens is 286 g/mol. The Morgan fingerprint density at radius 1 is 1.19 bits per heavy atom. The van der Waals surface area contributed by atoms with Gasteiger partial charge in [0.15, 0.2) is 11.6 Å². The lowest BCUT2D eigenvalue weighted by Crippen LogP contribution is -2.03. The first-order chi connectivity index (χ1) is 10.1. The zero-order chi connectivity index (χ0) is 15.0. The maximum atomic E-state index is 5.99. The first-order valence-electron chi connectivity index (χ1n) is 6.48. The molecule has 3 aromatic rings. The highest BCUT2D eigenvalue weighted by atomic mass is 32.1. The van der Waals surface area contributed by atoms with Gasteiger partial charge in [-0.2, -0.15) is 4.98 Å². The highest BCUT2D eigenvalue weighted by molar-refractivity contribution is 7.16. The summed E-state index contributed by atoms with van der Waals surface area (Å²) < 4.78 is 5.99. The SMILES string of the molecule is CC(C)c1cnc2sccc2c1Oc1cnc(N)nc1N. The second-order valence-corrected chi connectivity index (χ2v) is 5.81. The summed E-state index contributed by atoms with van der Waals surface area (Å²) >= 11 is 1.57. The van der Waals surface area contributed by atoms with Crippen LogP contribution in [0.5, 0.6) is 11.5 Å². The van der Waals surface area contributed by atoms with Crippen molar-refractivity contribution in [3.8, 4) is 11.5 Å². The highest BCUT2D eigenvalue weighted by Crippen LogP contribution is 2.38. The van der Waals surface area contributed by atoms with Crippen LogP contribution in [0.15, 0.2) is 23.8 Å². The zero-order valence-corrected chi connectivity index (χ0v) is 12.5. The minimum atomic E-state index is 0.124. The average Bonchev–Trinajstić information content (AvgIpc) is 2.90. The van der Waals surface area contributed by atoms with Crippen molar-refractivity contribution in [1.29, 1.82) is 0 Å². The lowest BCUT2D eigenvalue weighted by Gasteiger charge is -2.15. The van der Waals surface area contributed by atoms with E-state index in [1.54, 1.807) is 11.3 Å².